The number of esters is 1. The number of hydrazine groups is 1. The van der Waals surface area contributed by atoms with Crippen LogP contribution >= 0.6 is 0 Å². The summed E-state index contributed by atoms with van der Waals surface area (Å²) < 4.78 is 4.73. The molecule has 0 radical (unpaired) electrons. The molecule has 0 bridgehead atoms. The van der Waals surface area contributed by atoms with Crippen molar-refractivity contribution < 1.29 is 19.1 Å². The van der Waals surface area contributed by atoms with E-state index in [0.717, 1.165) is 10.6 Å². The van der Waals surface area contributed by atoms with E-state index in [2.05, 4.69) is 15.8 Å². The average molecular weight is 407 g/mol. The molecule has 154 valence electrons. The normalized spacial score (nSPS) is 20.1. The summed E-state index contributed by atoms with van der Waals surface area (Å²) in [7, 11) is 1.27. The second kappa shape index (κ2) is 8.34. The zero-order valence-corrected chi connectivity index (χ0v) is 16.3. The van der Waals surface area contributed by atoms with E-state index in [9.17, 15) is 14.4 Å². The van der Waals surface area contributed by atoms with Gasteiger partial charge in [0.25, 0.3) is 5.91 Å². The van der Waals surface area contributed by atoms with Crippen molar-refractivity contribution in [3.05, 3.63) is 65.7 Å². The Labute approximate surface area is 173 Å². The van der Waals surface area contributed by atoms with E-state index >= 15 is 0 Å². The molecule has 2 amide bonds. The maximum Gasteiger partial charge on any atom is 0.339 e. The predicted molar refractivity (Wildman–Crippen MR) is 109 cm³/mol. The smallest absolute Gasteiger partial charge is 0.339 e. The molecular formula is C21H21N5O4. The number of hydrazone groups is 1. The highest BCUT2D eigenvalue weighted by molar-refractivity contribution is 6.02. The van der Waals surface area contributed by atoms with E-state index in [4.69, 9.17) is 4.74 Å². The van der Waals surface area contributed by atoms with Crippen molar-refractivity contribution in [2.45, 2.75) is 18.5 Å². The van der Waals surface area contributed by atoms with Crippen molar-refractivity contribution in [1.29, 1.82) is 0 Å². The van der Waals surface area contributed by atoms with Crippen LogP contribution < -0.4 is 10.7 Å². The number of amides is 2. The lowest BCUT2D eigenvalue weighted by atomic mass is 10.0. The summed E-state index contributed by atoms with van der Waals surface area (Å²) in [6, 6.07) is 15.9. The SMILES string of the molecule is COC(=O)c1ccccc1NC(=O)CN1N=CN2NC(c3ccccc3)CC2C1=O. The molecule has 2 aliphatic heterocycles. The standard InChI is InChI=1S/C21H21N5O4/c1-30-21(29)15-9-5-6-10-16(15)23-19(27)12-25-20(28)18-11-17(24-26(18)13-22-25)14-7-3-2-4-8-14/h2-10,13,17-18,24H,11-12H2,1H3,(H,23,27). The van der Waals surface area contributed by atoms with Crippen LogP contribution in [-0.4, -0.2) is 53.8 Å². The van der Waals surface area contributed by atoms with Crippen LogP contribution in [0.15, 0.2) is 59.7 Å². The molecule has 2 aliphatic rings. The van der Waals surface area contributed by atoms with Gasteiger partial charge in [-0.2, -0.15) is 5.10 Å². The molecular weight excluding hydrogens is 386 g/mol. The van der Waals surface area contributed by atoms with Crippen LogP contribution in [0.4, 0.5) is 5.69 Å². The summed E-state index contributed by atoms with van der Waals surface area (Å²) >= 11 is 0. The predicted octanol–water partition coefficient (Wildman–Crippen LogP) is 1.52. The number of carbonyl (C=O) groups excluding carboxylic acids is 3. The molecule has 9 nitrogen and oxygen atoms in total. The van der Waals surface area contributed by atoms with Gasteiger partial charge in [-0.15, -0.1) is 0 Å². The van der Waals surface area contributed by atoms with Crippen molar-refractivity contribution in [2.75, 3.05) is 19.0 Å². The van der Waals surface area contributed by atoms with Crippen LogP contribution in [0.5, 0.6) is 0 Å². The molecule has 0 spiro atoms. The van der Waals surface area contributed by atoms with Gasteiger partial charge in [-0.3, -0.25) is 14.6 Å². The second-order valence-corrected chi connectivity index (χ2v) is 6.96. The molecule has 1 saturated heterocycles. The number of benzene rings is 2. The molecule has 2 unspecified atom stereocenters. The number of hydrogen-bond donors (Lipinski definition) is 2. The monoisotopic (exact) mass is 407 g/mol. The van der Waals surface area contributed by atoms with E-state index in [-0.39, 0.29) is 24.1 Å². The third kappa shape index (κ3) is 3.87. The molecule has 2 atom stereocenters. The van der Waals surface area contributed by atoms with Crippen molar-refractivity contribution in [3.63, 3.8) is 0 Å². The first-order valence-corrected chi connectivity index (χ1v) is 9.49. The fourth-order valence-corrected chi connectivity index (χ4v) is 3.56. The molecule has 1 fully saturated rings. The Morgan fingerprint density at radius 3 is 2.67 bits per heavy atom. The highest BCUT2D eigenvalue weighted by Crippen LogP contribution is 2.29. The first-order chi connectivity index (χ1) is 14.6. The number of methoxy groups -OCH3 is 1. The Kier molecular flexibility index (Phi) is 5.44. The Balaban J connectivity index is 1.41. The van der Waals surface area contributed by atoms with E-state index < -0.39 is 17.9 Å². The molecule has 9 heteroatoms. The Hall–Kier alpha value is -3.72. The second-order valence-electron chi connectivity index (χ2n) is 6.96. The third-order valence-electron chi connectivity index (χ3n) is 5.06. The van der Waals surface area contributed by atoms with Gasteiger partial charge in [0.2, 0.25) is 5.91 Å². The van der Waals surface area contributed by atoms with Gasteiger partial charge in [-0.25, -0.2) is 15.2 Å². The third-order valence-corrected chi connectivity index (χ3v) is 5.06. The lowest BCUT2D eigenvalue weighted by Gasteiger charge is -2.29. The van der Waals surface area contributed by atoms with Gasteiger partial charge in [-0.05, 0) is 24.1 Å². The van der Waals surface area contributed by atoms with E-state index in [1.54, 1.807) is 29.3 Å². The summed E-state index contributed by atoms with van der Waals surface area (Å²) in [5, 5.41) is 9.58. The number of anilines is 1. The number of fused-ring (bicyclic) bond motifs is 1. The fourth-order valence-electron chi connectivity index (χ4n) is 3.56. The molecule has 2 heterocycles. The van der Waals surface area contributed by atoms with Gasteiger partial charge >= 0.3 is 5.97 Å². The first kappa shape index (κ1) is 19.6. The van der Waals surface area contributed by atoms with Crippen molar-refractivity contribution in [3.8, 4) is 0 Å². The minimum absolute atomic E-state index is 0.00712. The zero-order valence-electron chi connectivity index (χ0n) is 16.3. The molecule has 2 aromatic carbocycles. The van der Waals surface area contributed by atoms with Crippen molar-refractivity contribution in [1.82, 2.24) is 15.4 Å². The molecule has 2 N–H and O–H groups in total. The van der Waals surface area contributed by atoms with Crippen LogP contribution in [0, 0.1) is 0 Å². The van der Waals surface area contributed by atoms with Crippen molar-refractivity contribution in [2.24, 2.45) is 5.10 Å². The summed E-state index contributed by atoms with van der Waals surface area (Å²) in [5.74, 6) is -1.28. The van der Waals surface area contributed by atoms with Gasteiger partial charge in [0.1, 0.15) is 18.9 Å². The van der Waals surface area contributed by atoms with Crippen LogP contribution in [0.3, 0.4) is 0 Å². The molecule has 0 saturated carbocycles. The number of rotatable bonds is 5. The average Bonchev–Trinajstić information content (AvgIpc) is 3.21. The van der Waals surface area contributed by atoms with Gasteiger partial charge in [0.15, 0.2) is 0 Å². The van der Waals surface area contributed by atoms with Crippen LogP contribution in [0.25, 0.3) is 0 Å². The summed E-state index contributed by atoms with van der Waals surface area (Å²) in [4.78, 5) is 37.2. The summed E-state index contributed by atoms with van der Waals surface area (Å²) in [6.45, 7) is -0.259. The molecule has 4 rings (SSSR count). The quantitative estimate of drug-likeness (QED) is 0.729. The first-order valence-electron chi connectivity index (χ1n) is 9.49. The summed E-state index contributed by atoms with van der Waals surface area (Å²) in [5.41, 5.74) is 4.90. The lowest BCUT2D eigenvalue weighted by molar-refractivity contribution is -0.139. The van der Waals surface area contributed by atoms with Crippen LogP contribution in [0.2, 0.25) is 0 Å². The van der Waals surface area contributed by atoms with E-state index in [1.807, 2.05) is 30.3 Å². The zero-order chi connectivity index (χ0) is 21.1. The van der Waals surface area contributed by atoms with Gasteiger partial charge in [0, 0.05) is 0 Å². The Bertz CT molecular complexity index is 994. The maximum atomic E-state index is 12.9. The minimum atomic E-state index is -0.558. The van der Waals surface area contributed by atoms with Gasteiger partial charge in [0.05, 0.1) is 24.4 Å². The minimum Gasteiger partial charge on any atom is -0.465 e. The Morgan fingerprint density at radius 1 is 1.17 bits per heavy atom. The Morgan fingerprint density at radius 2 is 1.90 bits per heavy atom. The van der Waals surface area contributed by atoms with Gasteiger partial charge in [-0.1, -0.05) is 42.5 Å². The molecule has 30 heavy (non-hydrogen) atoms. The maximum absolute atomic E-state index is 12.9. The van der Waals surface area contributed by atoms with E-state index in [0.29, 0.717) is 12.1 Å². The molecule has 0 aromatic heterocycles. The van der Waals surface area contributed by atoms with Gasteiger partial charge < -0.3 is 10.1 Å². The summed E-state index contributed by atoms with van der Waals surface area (Å²) in [6.07, 6.45) is 2.09. The highest BCUT2D eigenvalue weighted by Gasteiger charge is 2.41. The largest absolute Gasteiger partial charge is 0.465 e. The highest BCUT2D eigenvalue weighted by atomic mass is 16.5. The lowest BCUT2D eigenvalue weighted by Crippen LogP contribution is -2.52. The fraction of sp³-hybridized carbons (Fsp3) is 0.238. The number of carbonyl (C=O) groups is 3. The number of ether oxygens (including phenoxy) is 1. The van der Waals surface area contributed by atoms with Crippen LogP contribution in [-0.2, 0) is 14.3 Å². The topological polar surface area (TPSA) is 103 Å². The number of nitrogens with one attached hydrogen (secondary N) is 2. The van der Waals surface area contributed by atoms with Crippen LogP contribution in [0.1, 0.15) is 28.4 Å². The molecule has 2 aromatic rings. The molecule has 0 aliphatic carbocycles. The number of hydrogen-bond acceptors (Lipinski definition) is 7. The van der Waals surface area contributed by atoms with Crippen molar-refractivity contribution >= 4 is 29.8 Å². The number of nitrogens with zero attached hydrogens (tertiary/aromatic N) is 3. The van der Waals surface area contributed by atoms with E-state index in [1.165, 1.54) is 13.4 Å². The number of para-hydroxylation sites is 1.